The highest BCUT2D eigenvalue weighted by Gasteiger charge is 2.29. The summed E-state index contributed by atoms with van der Waals surface area (Å²) in [6.45, 7) is 3.58. The second-order valence-corrected chi connectivity index (χ2v) is 8.42. The normalized spacial score (nSPS) is 13.0. The van der Waals surface area contributed by atoms with E-state index in [0.29, 0.717) is 5.69 Å². The first-order valence-electron chi connectivity index (χ1n) is 11.0. The van der Waals surface area contributed by atoms with E-state index in [1.165, 1.54) is 18.3 Å². The molecule has 0 fully saturated rings. The number of hydrogen-bond acceptors (Lipinski definition) is 5. The third kappa shape index (κ3) is 4.76. The van der Waals surface area contributed by atoms with Crippen LogP contribution in [-0.4, -0.2) is 40.7 Å². The van der Waals surface area contributed by atoms with Crippen LogP contribution in [-0.2, 0) is 9.53 Å². The van der Waals surface area contributed by atoms with Gasteiger partial charge < -0.3 is 15.2 Å². The highest BCUT2D eigenvalue weighted by atomic mass is 16.5. The first-order chi connectivity index (χ1) is 16.3. The van der Waals surface area contributed by atoms with Crippen LogP contribution in [0.3, 0.4) is 0 Å². The van der Waals surface area contributed by atoms with Crippen LogP contribution < -0.4 is 10.6 Å². The summed E-state index contributed by atoms with van der Waals surface area (Å²) in [5, 5.41) is 14.3. The van der Waals surface area contributed by atoms with Crippen molar-refractivity contribution in [2.75, 3.05) is 11.9 Å². The van der Waals surface area contributed by atoms with Crippen molar-refractivity contribution in [1.29, 1.82) is 0 Å². The summed E-state index contributed by atoms with van der Waals surface area (Å²) in [5.41, 5.74) is 4.93. The van der Waals surface area contributed by atoms with Crippen LogP contribution in [0.1, 0.15) is 41.4 Å². The van der Waals surface area contributed by atoms with Gasteiger partial charge in [0, 0.05) is 5.92 Å². The molecule has 0 bridgehead atoms. The molecule has 0 saturated heterocycles. The van der Waals surface area contributed by atoms with Crippen molar-refractivity contribution in [3.8, 4) is 11.1 Å². The molecule has 3 N–H and O–H groups in total. The van der Waals surface area contributed by atoms with Gasteiger partial charge in [-0.15, -0.1) is 0 Å². The Hall–Kier alpha value is -4.20. The fraction of sp³-hybridized carbons (Fsp3) is 0.231. The molecule has 2 amide bonds. The number of nitrogens with zero attached hydrogens (tertiary/aromatic N) is 1. The van der Waals surface area contributed by atoms with Gasteiger partial charge in [0.1, 0.15) is 18.3 Å². The van der Waals surface area contributed by atoms with Gasteiger partial charge in [0.25, 0.3) is 5.91 Å². The topological polar surface area (TPSA) is 118 Å². The van der Waals surface area contributed by atoms with E-state index in [1.807, 2.05) is 36.4 Å². The Morgan fingerprint density at radius 1 is 0.971 bits per heavy atom. The van der Waals surface area contributed by atoms with Gasteiger partial charge >= 0.3 is 12.1 Å². The van der Waals surface area contributed by atoms with Crippen LogP contribution >= 0.6 is 0 Å². The number of carbonyl (C=O) groups is 3. The van der Waals surface area contributed by atoms with E-state index in [2.05, 4.69) is 27.8 Å². The van der Waals surface area contributed by atoms with E-state index >= 15 is 0 Å². The van der Waals surface area contributed by atoms with Gasteiger partial charge in [-0.05, 0) is 40.3 Å². The number of anilines is 1. The van der Waals surface area contributed by atoms with Crippen LogP contribution in [0.25, 0.3) is 11.1 Å². The van der Waals surface area contributed by atoms with Crippen LogP contribution in [0.2, 0.25) is 0 Å². The van der Waals surface area contributed by atoms with Crippen molar-refractivity contribution in [3.05, 3.63) is 83.7 Å². The number of pyridine rings is 1. The largest absolute Gasteiger partial charge is 0.480 e. The van der Waals surface area contributed by atoms with Crippen LogP contribution in [0.15, 0.2) is 66.9 Å². The zero-order valence-electron chi connectivity index (χ0n) is 18.8. The monoisotopic (exact) mass is 459 g/mol. The Morgan fingerprint density at radius 3 is 2.12 bits per heavy atom. The summed E-state index contributed by atoms with van der Waals surface area (Å²) in [6.07, 6.45) is 0.688. The predicted octanol–water partition coefficient (Wildman–Crippen LogP) is 4.28. The molecule has 34 heavy (non-hydrogen) atoms. The Kier molecular flexibility index (Phi) is 6.58. The molecule has 174 valence electrons. The van der Waals surface area contributed by atoms with Crippen LogP contribution in [0.4, 0.5) is 10.5 Å². The van der Waals surface area contributed by atoms with Gasteiger partial charge in [0.2, 0.25) is 0 Å². The van der Waals surface area contributed by atoms with Gasteiger partial charge in [0.15, 0.2) is 0 Å². The van der Waals surface area contributed by atoms with Crippen LogP contribution in [0, 0.1) is 5.92 Å². The predicted molar refractivity (Wildman–Crippen MR) is 127 cm³/mol. The average molecular weight is 460 g/mol. The summed E-state index contributed by atoms with van der Waals surface area (Å²) in [7, 11) is 0. The molecular weight excluding hydrogens is 434 g/mol. The summed E-state index contributed by atoms with van der Waals surface area (Å²) in [6, 6.07) is 18.1. The number of hydrogen-bond donors (Lipinski definition) is 3. The summed E-state index contributed by atoms with van der Waals surface area (Å²) in [4.78, 5) is 40.0. The van der Waals surface area contributed by atoms with Gasteiger partial charge in [-0.1, -0.05) is 62.4 Å². The number of carboxylic acid groups (broad SMARTS) is 1. The Labute approximate surface area is 197 Å². The molecule has 3 aromatic rings. The maximum atomic E-state index is 12.4. The van der Waals surface area contributed by atoms with Crippen molar-refractivity contribution in [3.63, 3.8) is 0 Å². The van der Waals surface area contributed by atoms with Crippen molar-refractivity contribution in [1.82, 2.24) is 10.3 Å². The van der Waals surface area contributed by atoms with E-state index < -0.39 is 24.0 Å². The zero-order chi connectivity index (χ0) is 24.2. The molecule has 0 aliphatic heterocycles. The number of aliphatic carboxylic acids is 1. The second kappa shape index (κ2) is 9.74. The highest BCUT2D eigenvalue weighted by Crippen LogP contribution is 2.44. The van der Waals surface area contributed by atoms with Crippen LogP contribution in [0.5, 0.6) is 0 Å². The Morgan fingerprint density at radius 2 is 1.59 bits per heavy atom. The Bertz CT molecular complexity index is 1180. The average Bonchev–Trinajstić information content (AvgIpc) is 3.15. The standard InChI is InChI=1S/C26H25N3O5/c1-15(2)23(25(31)32)29-24(30)22-12-11-16(13-27-22)28-26(33)34-14-21-19-9-5-3-7-17(19)18-8-4-6-10-20(18)21/h3-13,15,21,23H,14H2,1-2H3,(H,28,33)(H,29,30)(H,31,32). The molecule has 1 aliphatic carbocycles. The fourth-order valence-corrected chi connectivity index (χ4v) is 4.08. The molecule has 0 spiro atoms. The second-order valence-electron chi connectivity index (χ2n) is 8.42. The molecule has 0 radical (unpaired) electrons. The van der Waals surface area contributed by atoms with E-state index in [-0.39, 0.29) is 24.1 Å². The minimum absolute atomic E-state index is 0.0463. The molecule has 1 heterocycles. The molecule has 1 aromatic heterocycles. The SMILES string of the molecule is CC(C)C(NC(=O)c1ccc(NC(=O)OCC2c3ccccc3-c3ccccc32)cn1)C(=O)O. The highest BCUT2D eigenvalue weighted by molar-refractivity contribution is 5.95. The maximum absolute atomic E-state index is 12.4. The molecule has 1 atom stereocenters. The van der Waals surface area contributed by atoms with Crippen molar-refractivity contribution in [2.45, 2.75) is 25.8 Å². The van der Waals surface area contributed by atoms with Gasteiger partial charge in [-0.2, -0.15) is 0 Å². The number of amides is 2. The number of nitrogens with one attached hydrogen (secondary N) is 2. The lowest BCUT2D eigenvalue weighted by Crippen LogP contribution is -2.44. The zero-order valence-corrected chi connectivity index (χ0v) is 18.8. The molecule has 8 nitrogen and oxygen atoms in total. The molecule has 4 rings (SSSR count). The minimum Gasteiger partial charge on any atom is -0.480 e. The number of rotatable bonds is 7. The molecular formula is C26H25N3O5. The lowest BCUT2D eigenvalue weighted by molar-refractivity contribution is -0.140. The van der Waals surface area contributed by atoms with E-state index in [0.717, 1.165) is 22.3 Å². The fourth-order valence-electron chi connectivity index (χ4n) is 4.08. The van der Waals surface area contributed by atoms with E-state index in [1.54, 1.807) is 13.8 Å². The van der Waals surface area contributed by atoms with Crippen molar-refractivity contribution in [2.24, 2.45) is 5.92 Å². The molecule has 2 aromatic carbocycles. The number of ether oxygens (including phenoxy) is 1. The van der Waals surface area contributed by atoms with Crippen molar-refractivity contribution < 1.29 is 24.2 Å². The minimum atomic E-state index is -1.11. The lowest BCUT2D eigenvalue weighted by atomic mass is 9.98. The molecule has 1 unspecified atom stereocenters. The number of aromatic nitrogens is 1. The number of carboxylic acids is 1. The molecule has 8 heteroatoms. The molecule has 1 aliphatic rings. The smallest absolute Gasteiger partial charge is 0.411 e. The number of fused-ring (bicyclic) bond motifs is 3. The number of carbonyl (C=O) groups excluding carboxylic acids is 2. The van der Waals surface area contributed by atoms with Gasteiger partial charge in [0.05, 0.1) is 11.9 Å². The molecule has 0 saturated carbocycles. The summed E-state index contributed by atoms with van der Waals surface area (Å²) in [5.74, 6) is -2.05. The third-order valence-electron chi connectivity index (χ3n) is 5.81. The van der Waals surface area contributed by atoms with Crippen molar-refractivity contribution >= 4 is 23.7 Å². The quantitative estimate of drug-likeness (QED) is 0.485. The third-order valence-corrected chi connectivity index (χ3v) is 5.81. The first-order valence-corrected chi connectivity index (χ1v) is 11.0. The first kappa shape index (κ1) is 23.0. The number of benzene rings is 2. The van der Waals surface area contributed by atoms with Gasteiger partial charge in [-0.25, -0.2) is 14.6 Å². The van der Waals surface area contributed by atoms with Gasteiger partial charge in [-0.3, -0.25) is 10.1 Å². The summed E-state index contributed by atoms with van der Waals surface area (Å²) >= 11 is 0. The Balaban J connectivity index is 1.36. The van der Waals surface area contributed by atoms with E-state index in [4.69, 9.17) is 4.74 Å². The summed E-state index contributed by atoms with van der Waals surface area (Å²) < 4.78 is 5.50. The van der Waals surface area contributed by atoms with E-state index in [9.17, 15) is 19.5 Å². The lowest BCUT2D eigenvalue weighted by Gasteiger charge is -2.17. The maximum Gasteiger partial charge on any atom is 0.411 e.